The summed E-state index contributed by atoms with van der Waals surface area (Å²) in [6, 6.07) is 16.6. The molecule has 4 rings (SSSR count). The van der Waals surface area contributed by atoms with E-state index in [-0.39, 0.29) is 6.09 Å². The fourth-order valence-electron chi connectivity index (χ4n) is 4.20. The maximum atomic E-state index is 13.5. The van der Waals surface area contributed by atoms with E-state index in [1.807, 2.05) is 63.2 Å². The number of ether oxygens (including phenoxy) is 1. The zero-order valence-electron chi connectivity index (χ0n) is 19.5. The standard InChI is InChI=1S/C24H32N4O4S/c1-24(2,3)32-23(29)26-15-9-14-25(16-18-26)17-19-27-21-12-7-8-13-22(21)28(33(27,30)31)20-10-5-4-6-11-20/h4-8,10-13H,9,14-19H2,1-3H3. The largest absolute Gasteiger partial charge is 0.444 e. The van der Waals surface area contributed by atoms with Gasteiger partial charge in [0.05, 0.1) is 17.1 Å². The third-order valence-corrected chi connectivity index (χ3v) is 7.53. The maximum Gasteiger partial charge on any atom is 0.410 e. The van der Waals surface area contributed by atoms with Crippen molar-refractivity contribution in [2.75, 3.05) is 47.9 Å². The molecule has 0 aromatic heterocycles. The smallest absolute Gasteiger partial charge is 0.410 e. The third kappa shape index (κ3) is 5.09. The average Bonchev–Trinajstić information content (AvgIpc) is 2.88. The predicted molar refractivity (Wildman–Crippen MR) is 130 cm³/mol. The van der Waals surface area contributed by atoms with Gasteiger partial charge in [0, 0.05) is 32.7 Å². The zero-order valence-corrected chi connectivity index (χ0v) is 20.3. The molecule has 2 aliphatic rings. The zero-order chi connectivity index (χ0) is 23.6. The minimum Gasteiger partial charge on any atom is -0.444 e. The van der Waals surface area contributed by atoms with Crippen molar-refractivity contribution in [2.45, 2.75) is 32.8 Å². The maximum absolute atomic E-state index is 13.5. The first-order valence-corrected chi connectivity index (χ1v) is 12.7. The molecule has 0 spiro atoms. The number of carbonyl (C=O) groups is 1. The summed E-state index contributed by atoms with van der Waals surface area (Å²) in [4.78, 5) is 16.4. The number of amides is 1. The van der Waals surface area contributed by atoms with E-state index in [1.54, 1.807) is 17.0 Å². The van der Waals surface area contributed by atoms with Crippen LogP contribution in [0.1, 0.15) is 27.2 Å². The highest BCUT2D eigenvalue weighted by Crippen LogP contribution is 2.44. The van der Waals surface area contributed by atoms with E-state index in [0.29, 0.717) is 49.8 Å². The van der Waals surface area contributed by atoms with E-state index < -0.39 is 15.8 Å². The van der Waals surface area contributed by atoms with Crippen LogP contribution < -0.4 is 8.61 Å². The Balaban J connectivity index is 1.45. The summed E-state index contributed by atoms with van der Waals surface area (Å²) >= 11 is 0. The summed E-state index contributed by atoms with van der Waals surface area (Å²) < 4.78 is 35.5. The minimum atomic E-state index is -3.74. The highest BCUT2D eigenvalue weighted by Gasteiger charge is 2.41. The number of carbonyl (C=O) groups excluding carboxylic acids is 1. The van der Waals surface area contributed by atoms with Gasteiger partial charge in [0.15, 0.2) is 0 Å². The molecule has 1 amide bonds. The predicted octanol–water partition coefficient (Wildman–Crippen LogP) is 3.83. The molecule has 1 saturated heterocycles. The fraction of sp³-hybridized carbons (Fsp3) is 0.458. The molecule has 0 saturated carbocycles. The van der Waals surface area contributed by atoms with Gasteiger partial charge in [-0.25, -0.2) is 13.4 Å². The Kier molecular flexibility index (Phi) is 6.54. The van der Waals surface area contributed by atoms with E-state index in [9.17, 15) is 13.2 Å². The lowest BCUT2D eigenvalue weighted by atomic mass is 10.2. The van der Waals surface area contributed by atoms with Crippen molar-refractivity contribution >= 4 is 33.4 Å². The summed E-state index contributed by atoms with van der Waals surface area (Å²) in [5.41, 5.74) is 1.45. The first kappa shape index (κ1) is 23.4. The lowest BCUT2D eigenvalue weighted by Gasteiger charge is -2.27. The van der Waals surface area contributed by atoms with Gasteiger partial charge in [0.25, 0.3) is 0 Å². The van der Waals surface area contributed by atoms with Gasteiger partial charge in [-0.15, -0.1) is 0 Å². The molecule has 2 aliphatic heterocycles. The normalized spacial score (nSPS) is 18.7. The SMILES string of the molecule is CC(C)(C)OC(=O)N1CCCN(CCN2c3ccccc3N(c3ccccc3)S2(=O)=O)CC1. The molecule has 2 aromatic carbocycles. The van der Waals surface area contributed by atoms with Crippen LogP contribution in [0.2, 0.25) is 0 Å². The second kappa shape index (κ2) is 9.23. The Morgan fingerprint density at radius 3 is 2.24 bits per heavy atom. The second-order valence-electron chi connectivity index (χ2n) is 9.33. The molecule has 0 atom stereocenters. The van der Waals surface area contributed by atoms with Crippen LogP contribution in [0.15, 0.2) is 54.6 Å². The second-order valence-corrected chi connectivity index (χ2v) is 11.0. The van der Waals surface area contributed by atoms with Gasteiger partial charge in [-0.2, -0.15) is 8.42 Å². The summed E-state index contributed by atoms with van der Waals surface area (Å²) in [7, 11) is -3.74. The van der Waals surface area contributed by atoms with E-state index in [2.05, 4.69) is 4.90 Å². The van der Waals surface area contributed by atoms with Crippen LogP contribution in [0.5, 0.6) is 0 Å². The molecule has 0 N–H and O–H groups in total. The first-order chi connectivity index (χ1) is 15.7. The van der Waals surface area contributed by atoms with Gasteiger partial charge in [-0.3, -0.25) is 4.90 Å². The van der Waals surface area contributed by atoms with E-state index in [0.717, 1.165) is 13.0 Å². The van der Waals surface area contributed by atoms with Crippen molar-refractivity contribution in [1.29, 1.82) is 0 Å². The molecule has 178 valence electrons. The third-order valence-electron chi connectivity index (χ3n) is 5.73. The molecule has 1 fully saturated rings. The van der Waals surface area contributed by atoms with E-state index >= 15 is 0 Å². The van der Waals surface area contributed by atoms with Gasteiger partial charge >= 0.3 is 16.3 Å². The molecular weight excluding hydrogens is 440 g/mol. The Morgan fingerprint density at radius 2 is 1.55 bits per heavy atom. The average molecular weight is 473 g/mol. The minimum absolute atomic E-state index is 0.293. The van der Waals surface area contributed by atoms with Crippen LogP contribution in [0, 0.1) is 0 Å². The van der Waals surface area contributed by atoms with Crippen LogP contribution in [0.3, 0.4) is 0 Å². The Labute approximate surface area is 196 Å². The van der Waals surface area contributed by atoms with E-state index in [4.69, 9.17) is 4.74 Å². The van der Waals surface area contributed by atoms with Crippen molar-refractivity contribution in [3.63, 3.8) is 0 Å². The van der Waals surface area contributed by atoms with Crippen LogP contribution in [0.25, 0.3) is 0 Å². The number of benzene rings is 2. The van der Waals surface area contributed by atoms with Gasteiger partial charge in [-0.05, 0) is 58.0 Å². The highest BCUT2D eigenvalue weighted by molar-refractivity contribution is 7.95. The number of nitrogens with zero attached hydrogens (tertiary/aromatic N) is 4. The Bertz CT molecular complexity index is 1090. The van der Waals surface area contributed by atoms with Gasteiger partial charge in [0.2, 0.25) is 0 Å². The van der Waals surface area contributed by atoms with Gasteiger partial charge in [0.1, 0.15) is 5.60 Å². The lowest BCUT2D eigenvalue weighted by Crippen LogP contribution is -2.42. The summed E-state index contributed by atoms with van der Waals surface area (Å²) in [5.74, 6) is 0. The topological polar surface area (TPSA) is 73.4 Å². The number of anilines is 3. The molecule has 2 heterocycles. The quantitative estimate of drug-likeness (QED) is 0.676. The highest BCUT2D eigenvalue weighted by atomic mass is 32.2. The number of rotatable bonds is 4. The molecular formula is C24H32N4O4S. The van der Waals surface area contributed by atoms with Crippen LogP contribution in [0.4, 0.5) is 21.9 Å². The van der Waals surface area contributed by atoms with Crippen molar-refractivity contribution < 1.29 is 17.9 Å². The number of para-hydroxylation sites is 3. The van der Waals surface area contributed by atoms with Crippen LogP contribution in [-0.4, -0.2) is 69.2 Å². The molecule has 9 heteroatoms. The van der Waals surface area contributed by atoms with E-state index in [1.165, 1.54) is 8.61 Å². The number of fused-ring (bicyclic) bond motifs is 1. The van der Waals surface area contributed by atoms with Crippen molar-refractivity contribution in [1.82, 2.24) is 9.80 Å². The summed E-state index contributed by atoms with van der Waals surface area (Å²) in [6.45, 7) is 9.20. The van der Waals surface area contributed by atoms with Gasteiger partial charge < -0.3 is 9.64 Å². The number of hydrogen-bond acceptors (Lipinski definition) is 5. The number of hydrogen-bond donors (Lipinski definition) is 0. The van der Waals surface area contributed by atoms with Crippen molar-refractivity contribution in [3.05, 3.63) is 54.6 Å². The summed E-state index contributed by atoms with van der Waals surface area (Å²) in [5, 5.41) is 0. The molecule has 8 nitrogen and oxygen atoms in total. The van der Waals surface area contributed by atoms with Crippen LogP contribution in [-0.2, 0) is 14.9 Å². The Hall–Kier alpha value is -2.78. The van der Waals surface area contributed by atoms with Crippen molar-refractivity contribution in [3.8, 4) is 0 Å². The van der Waals surface area contributed by atoms with Crippen molar-refractivity contribution in [2.24, 2.45) is 0 Å². The summed E-state index contributed by atoms with van der Waals surface area (Å²) in [6.07, 6.45) is 0.525. The molecule has 0 radical (unpaired) electrons. The monoisotopic (exact) mass is 472 g/mol. The molecule has 2 aromatic rings. The first-order valence-electron chi connectivity index (χ1n) is 11.3. The molecule has 0 unspecified atom stereocenters. The molecule has 0 bridgehead atoms. The lowest BCUT2D eigenvalue weighted by molar-refractivity contribution is 0.0258. The van der Waals surface area contributed by atoms with Crippen LogP contribution >= 0.6 is 0 Å². The molecule has 33 heavy (non-hydrogen) atoms. The Morgan fingerprint density at radius 1 is 0.879 bits per heavy atom. The molecule has 0 aliphatic carbocycles. The van der Waals surface area contributed by atoms with Gasteiger partial charge in [-0.1, -0.05) is 30.3 Å². The fourth-order valence-corrected chi connectivity index (χ4v) is 5.90.